The summed E-state index contributed by atoms with van der Waals surface area (Å²) >= 11 is 0. The minimum atomic E-state index is -0.446. The molecule has 2 aromatic carbocycles. The average Bonchev–Trinajstić information content (AvgIpc) is 3.03. The second kappa shape index (κ2) is 10.3. The van der Waals surface area contributed by atoms with Crippen LogP contribution in [0.5, 0.6) is 0 Å². The Morgan fingerprint density at radius 1 is 1.06 bits per heavy atom. The first kappa shape index (κ1) is 21.9. The van der Waals surface area contributed by atoms with Gasteiger partial charge in [0.15, 0.2) is 0 Å². The van der Waals surface area contributed by atoms with Crippen molar-refractivity contribution >= 4 is 35.1 Å². The monoisotopic (exact) mass is 423 g/mol. The fraction of sp³-hybridized carbons (Fsp3) is 0.318. The second-order valence-corrected chi connectivity index (χ2v) is 7.36. The van der Waals surface area contributed by atoms with Crippen molar-refractivity contribution in [2.45, 2.75) is 32.6 Å². The maximum Gasteiger partial charge on any atom is 0.271 e. The molecule has 0 aliphatic carbocycles. The quantitative estimate of drug-likeness (QED) is 0.417. The van der Waals surface area contributed by atoms with Crippen molar-refractivity contribution in [3.63, 3.8) is 0 Å². The highest BCUT2D eigenvalue weighted by Gasteiger charge is 2.16. The van der Waals surface area contributed by atoms with E-state index in [0.29, 0.717) is 16.8 Å². The number of nitro groups is 1. The molecular formula is C22H25N5O4. The summed E-state index contributed by atoms with van der Waals surface area (Å²) in [6, 6.07) is 11.1. The third-order valence-electron chi connectivity index (χ3n) is 5.01. The molecule has 0 aromatic heterocycles. The SMILES string of the molecule is CC(=O)Nc1ccc(C(=O)N/N=C/c2cc([N+](=O)[O-])ccc2N2CCCCCC2)cc1. The van der Waals surface area contributed by atoms with Crippen LogP contribution in [0.15, 0.2) is 47.6 Å². The van der Waals surface area contributed by atoms with Crippen LogP contribution in [-0.2, 0) is 4.79 Å². The molecule has 1 heterocycles. The van der Waals surface area contributed by atoms with Crippen LogP contribution in [0.3, 0.4) is 0 Å². The minimum Gasteiger partial charge on any atom is -0.371 e. The van der Waals surface area contributed by atoms with Gasteiger partial charge in [-0.25, -0.2) is 5.43 Å². The minimum absolute atomic E-state index is 0.0279. The molecule has 0 radical (unpaired) electrons. The maximum atomic E-state index is 12.3. The predicted octanol–water partition coefficient (Wildman–Crippen LogP) is 3.70. The molecule has 0 bridgehead atoms. The van der Waals surface area contributed by atoms with Crippen molar-refractivity contribution in [1.29, 1.82) is 0 Å². The standard InChI is InChI=1S/C22H25N5O4/c1-16(28)24-19-8-6-17(7-9-19)22(29)25-23-15-18-14-20(27(30)31)10-11-21(18)26-12-4-2-3-5-13-26/h6-11,14-15H,2-5,12-13H2,1H3,(H,24,28)(H,25,29)/b23-15+. The smallest absolute Gasteiger partial charge is 0.271 e. The molecular weight excluding hydrogens is 398 g/mol. The molecule has 1 aliphatic rings. The van der Waals surface area contributed by atoms with Crippen LogP contribution < -0.4 is 15.6 Å². The van der Waals surface area contributed by atoms with Gasteiger partial charge in [0.1, 0.15) is 0 Å². The molecule has 1 saturated heterocycles. The number of non-ortho nitro benzene ring substituents is 1. The van der Waals surface area contributed by atoms with Crippen LogP contribution in [0.4, 0.5) is 17.1 Å². The highest BCUT2D eigenvalue weighted by molar-refractivity contribution is 5.96. The maximum absolute atomic E-state index is 12.3. The third kappa shape index (κ3) is 6.11. The zero-order valence-corrected chi connectivity index (χ0v) is 17.3. The molecule has 2 amide bonds. The number of rotatable bonds is 6. The van der Waals surface area contributed by atoms with Gasteiger partial charge in [-0.15, -0.1) is 0 Å². The fourth-order valence-corrected chi connectivity index (χ4v) is 3.49. The van der Waals surface area contributed by atoms with Gasteiger partial charge in [0.25, 0.3) is 11.6 Å². The van der Waals surface area contributed by atoms with Gasteiger partial charge in [0.05, 0.1) is 11.1 Å². The highest BCUT2D eigenvalue weighted by Crippen LogP contribution is 2.26. The number of hydrogen-bond donors (Lipinski definition) is 2. The van der Waals surface area contributed by atoms with Gasteiger partial charge in [-0.05, 0) is 43.2 Å². The number of benzene rings is 2. The number of nitro benzene ring substituents is 1. The van der Waals surface area contributed by atoms with Gasteiger partial charge in [-0.1, -0.05) is 12.8 Å². The Morgan fingerprint density at radius 2 is 1.74 bits per heavy atom. The lowest BCUT2D eigenvalue weighted by Gasteiger charge is -2.24. The lowest BCUT2D eigenvalue weighted by Crippen LogP contribution is -2.25. The summed E-state index contributed by atoms with van der Waals surface area (Å²) in [4.78, 5) is 36.4. The van der Waals surface area contributed by atoms with Crippen LogP contribution in [-0.4, -0.2) is 36.0 Å². The summed E-state index contributed by atoms with van der Waals surface area (Å²) in [6.07, 6.45) is 5.92. The number of hydrazone groups is 1. The Bertz CT molecular complexity index is 980. The van der Waals surface area contributed by atoms with E-state index in [9.17, 15) is 19.7 Å². The van der Waals surface area contributed by atoms with Crippen molar-refractivity contribution < 1.29 is 14.5 Å². The Labute approximate surface area is 180 Å². The van der Waals surface area contributed by atoms with E-state index in [1.165, 1.54) is 38.1 Å². The molecule has 9 heteroatoms. The molecule has 0 atom stereocenters. The molecule has 0 saturated carbocycles. The topological polar surface area (TPSA) is 117 Å². The molecule has 162 valence electrons. The van der Waals surface area contributed by atoms with Gasteiger partial charge < -0.3 is 10.2 Å². The number of carbonyl (C=O) groups excluding carboxylic acids is 2. The molecule has 0 spiro atoms. The largest absolute Gasteiger partial charge is 0.371 e. The van der Waals surface area contributed by atoms with Crippen molar-refractivity contribution in [1.82, 2.24) is 5.43 Å². The predicted molar refractivity (Wildman–Crippen MR) is 120 cm³/mol. The summed E-state index contributed by atoms with van der Waals surface area (Å²) < 4.78 is 0. The Morgan fingerprint density at radius 3 is 2.35 bits per heavy atom. The van der Waals surface area contributed by atoms with Crippen LogP contribution >= 0.6 is 0 Å². The zero-order valence-electron chi connectivity index (χ0n) is 17.3. The number of carbonyl (C=O) groups is 2. The number of nitrogens with zero attached hydrogens (tertiary/aromatic N) is 3. The van der Waals surface area contributed by atoms with E-state index in [1.54, 1.807) is 30.3 Å². The molecule has 0 unspecified atom stereocenters. The summed E-state index contributed by atoms with van der Waals surface area (Å²) in [5.41, 5.74) is 4.83. The van der Waals surface area contributed by atoms with E-state index in [1.807, 2.05) is 0 Å². The average molecular weight is 423 g/mol. The van der Waals surface area contributed by atoms with Crippen molar-refractivity contribution in [3.05, 3.63) is 63.7 Å². The first-order valence-electron chi connectivity index (χ1n) is 10.2. The Kier molecular flexibility index (Phi) is 7.31. The van der Waals surface area contributed by atoms with Gasteiger partial charge in [0, 0.05) is 54.6 Å². The van der Waals surface area contributed by atoms with E-state index in [2.05, 4.69) is 20.7 Å². The van der Waals surface area contributed by atoms with Crippen molar-refractivity contribution in [2.75, 3.05) is 23.3 Å². The molecule has 3 rings (SSSR count). The first-order chi connectivity index (χ1) is 14.9. The first-order valence-corrected chi connectivity index (χ1v) is 10.2. The van der Waals surface area contributed by atoms with Crippen LogP contribution in [0.2, 0.25) is 0 Å². The molecule has 31 heavy (non-hydrogen) atoms. The lowest BCUT2D eigenvalue weighted by atomic mass is 10.1. The van der Waals surface area contributed by atoms with Gasteiger partial charge in [0.2, 0.25) is 5.91 Å². The van der Waals surface area contributed by atoms with E-state index in [0.717, 1.165) is 31.6 Å². The number of amides is 2. The Hall–Kier alpha value is -3.75. The molecule has 9 nitrogen and oxygen atoms in total. The lowest BCUT2D eigenvalue weighted by molar-refractivity contribution is -0.384. The zero-order chi connectivity index (χ0) is 22.2. The fourth-order valence-electron chi connectivity index (χ4n) is 3.49. The summed E-state index contributed by atoms with van der Waals surface area (Å²) in [5, 5.41) is 17.9. The highest BCUT2D eigenvalue weighted by atomic mass is 16.6. The van der Waals surface area contributed by atoms with Gasteiger partial charge >= 0.3 is 0 Å². The summed E-state index contributed by atoms with van der Waals surface area (Å²) in [6.45, 7) is 3.17. The van der Waals surface area contributed by atoms with E-state index in [4.69, 9.17) is 0 Å². The molecule has 1 fully saturated rings. The normalized spacial score (nSPS) is 14.2. The van der Waals surface area contributed by atoms with Crippen molar-refractivity contribution in [2.24, 2.45) is 5.10 Å². The Balaban J connectivity index is 1.75. The van der Waals surface area contributed by atoms with E-state index in [-0.39, 0.29) is 11.6 Å². The van der Waals surface area contributed by atoms with E-state index < -0.39 is 10.8 Å². The number of nitrogens with one attached hydrogen (secondary N) is 2. The summed E-state index contributed by atoms with van der Waals surface area (Å²) in [7, 11) is 0. The number of anilines is 2. The van der Waals surface area contributed by atoms with Gasteiger partial charge in [-0.3, -0.25) is 19.7 Å². The molecule has 2 aromatic rings. The van der Waals surface area contributed by atoms with Crippen LogP contribution in [0.1, 0.15) is 48.5 Å². The van der Waals surface area contributed by atoms with Crippen LogP contribution in [0.25, 0.3) is 0 Å². The summed E-state index contributed by atoms with van der Waals surface area (Å²) in [5.74, 6) is -0.619. The van der Waals surface area contributed by atoms with E-state index >= 15 is 0 Å². The van der Waals surface area contributed by atoms with Crippen molar-refractivity contribution in [3.8, 4) is 0 Å². The number of hydrogen-bond acceptors (Lipinski definition) is 6. The molecule has 1 aliphatic heterocycles. The van der Waals surface area contributed by atoms with Gasteiger partial charge in [-0.2, -0.15) is 5.10 Å². The van der Waals surface area contributed by atoms with Crippen LogP contribution in [0, 0.1) is 10.1 Å². The molecule has 2 N–H and O–H groups in total. The second-order valence-electron chi connectivity index (χ2n) is 7.36. The third-order valence-corrected chi connectivity index (χ3v) is 5.01.